The van der Waals surface area contributed by atoms with Crippen molar-refractivity contribution in [1.29, 1.82) is 0 Å². The number of hydrogen-bond acceptors (Lipinski definition) is 12. The molecule has 35 heavy (non-hydrogen) atoms. The molecule has 4 aromatic heterocycles. The van der Waals surface area contributed by atoms with Crippen LogP contribution in [0.25, 0.3) is 0 Å². The maximum absolute atomic E-state index is 12.3. The van der Waals surface area contributed by atoms with Crippen molar-refractivity contribution in [2.45, 2.75) is 20.3 Å². The highest BCUT2D eigenvalue weighted by Crippen LogP contribution is 2.30. The molecule has 0 fully saturated rings. The van der Waals surface area contributed by atoms with Gasteiger partial charge in [-0.15, -0.1) is 22.7 Å². The Morgan fingerprint density at radius 2 is 1.11 bits per heavy atom. The Morgan fingerprint density at radius 1 is 0.714 bits per heavy atom. The predicted octanol–water partition coefficient (Wildman–Crippen LogP) is 4.61. The molecule has 14 heteroatoms. The van der Waals surface area contributed by atoms with Gasteiger partial charge in [-0.05, 0) is 13.8 Å². The van der Waals surface area contributed by atoms with E-state index in [9.17, 15) is 9.59 Å². The maximum Gasteiger partial charge on any atom is 0.265 e. The van der Waals surface area contributed by atoms with E-state index in [1.165, 1.54) is 45.3 Å². The molecule has 184 valence electrons. The van der Waals surface area contributed by atoms with Crippen LogP contribution in [0.15, 0.2) is 10.8 Å². The van der Waals surface area contributed by atoms with Gasteiger partial charge in [0.1, 0.15) is 9.75 Å². The summed E-state index contributed by atoms with van der Waals surface area (Å²) in [6.45, 7) is 3.65. The van der Waals surface area contributed by atoms with Gasteiger partial charge in [-0.2, -0.15) is 0 Å². The number of rotatable bonds is 8. The molecule has 0 aromatic carbocycles. The molecule has 0 aliphatic carbocycles. The van der Waals surface area contributed by atoms with Crippen LogP contribution < -0.4 is 10.6 Å². The Kier molecular flexibility index (Phi) is 7.44. The van der Waals surface area contributed by atoms with Crippen molar-refractivity contribution in [2.75, 3.05) is 38.8 Å². The smallest absolute Gasteiger partial charge is 0.265 e. The number of amides is 2. The number of hydrogen-bond donors (Lipinski definition) is 2. The Bertz CT molecular complexity index is 1260. The van der Waals surface area contributed by atoms with Gasteiger partial charge in [-0.25, -0.2) is 19.9 Å². The summed E-state index contributed by atoms with van der Waals surface area (Å²) < 4.78 is 0. The van der Waals surface area contributed by atoms with E-state index in [2.05, 4.69) is 30.6 Å². The lowest BCUT2D eigenvalue weighted by molar-refractivity contribution is 0.0824. The van der Waals surface area contributed by atoms with Crippen LogP contribution >= 0.6 is 45.3 Å². The van der Waals surface area contributed by atoms with Crippen molar-refractivity contribution in [3.8, 4) is 0 Å². The van der Waals surface area contributed by atoms with Gasteiger partial charge >= 0.3 is 0 Å². The average Bonchev–Trinajstić information content (AvgIpc) is 3.57. The normalized spacial score (nSPS) is 10.9. The molecule has 0 unspecified atom stereocenters. The largest absolute Gasteiger partial charge is 0.344 e. The van der Waals surface area contributed by atoms with E-state index in [-0.39, 0.29) is 11.8 Å². The third-order valence-electron chi connectivity index (χ3n) is 4.69. The van der Waals surface area contributed by atoms with Crippen LogP contribution in [0.4, 0.5) is 20.5 Å². The SMILES string of the molecule is Cc1nc(Nc2nc(Cc3csc(Nc4nc(C)c(C(=O)N(C)C)s4)n3)cs2)sc1C(=O)N(C)C. The van der Waals surface area contributed by atoms with Crippen LogP contribution in [-0.2, 0) is 6.42 Å². The topological polar surface area (TPSA) is 116 Å². The molecule has 2 N–H and O–H groups in total. The molecule has 0 atom stereocenters. The first-order valence-electron chi connectivity index (χ1n) is 10.4. The van der Waals surface area contributed by atoms with Crippen molar-refractivity contribution in [1.82, 2.24) is 29.7 Å². The lowest BCUT2D eigenvalue weighted by Gasteiger charge is -2.07. The van der Waals surface area contributed by atoms with Crippen LogP contribution in [0.3, 0.4) is 0 Å². The third kappa shape index (κ3) is 5.83. The summed E-state index contributed by atoms with van der Waals surface area (Å²) in [5, 5.41) is 13.1. The van der Waals surface area contributed by atoms with Crippen molar-refractivity contribution in [2.24, 2.45) is 0 Å². The number of aryl methyl sites for hydroxylation is 2. The fraction of sp³-hybridized carbons (Fsp3) is 0.333. The summed E-state index contributed by atoms with van der Waals surface area (Å²) in [5.41, 5.74) is 3.17. The lowest BCUT2D eigenvalue weighted by Crippen LogP contribution is -2.21. The third-order valence-corrected chi connectivity index (χ3v) is 8.42. The van der Waals surface area contributed by atoms with Crippen LogP contribution in [0.5, 0.6) is 0 Å². The van der Waals surface area contributed by atoms with E-state index in [1.807, 2.05) is 24.6 Å². The number of carbonyl (C=O) groups excluding carboxylic acids is 2. The Balaban J connectivity index is 1.38. The lowest BCUT2D eigenvalue weighted by atomic mass is 10.3. The first-order chi connectivity index (χ1) is 16.6. The minimum absolute atomic E-state index is 0.0609. The molecule has 10 nitrogen and oxygen atoms in total. The highest BCUT2D eigenvalue weighted by molar-refractivity contribution is 7.19. The highest BCUT2D eigenvalue weighted by atomic mass is 32.1. The molecule has 0 saturated heterocycles. The fourth-order valence-electron chi connectivity index (χ4n) is 2.96. The number of anilines is 4. The molecule has 0 aliphatic heterocycles. The fourth-order valence-corrected chi connectivity index (χ4v) is 6.48. The van der Waals surface area contributed by atoms with Crippen molar-refractivity contribution >= 4 is 77.7 Å². The average molecular weight is 549 g/mol. The van der Waals surface area contributed by atoms with Gasteiger partial charge in [0.15, 0.2) is 20.5 Å². The Morgan fingerprint density at radius 3 is 1.49 bits per heavy atom. The molecule has 0 bridgehead atoms. The quantitative estimate of drug-likeness (QED) is 0.328. The monoisotopic (exact) mass is 548 g/mol. The second kappa shape index (κ2) is 10.4. The molecular weight excluding hydrogens is 525 g/mol. The van der Waals surface area contributed by atoms with Crippen LogP contribution in [-0.4, -0.2) is 69.7 Å². The molecule has 4 rings (SSSR count). The first-order valence-corrected chi connectivity index (χ1v) is 13.8. The zero-order chi connectivity index (χ0) is 25.3. The van der Waals surface area contributed by atoms with Crippen LogP contribution in [0, 0.1) is 13.8 Å². The Labute approximate surface area is 218 Å². The maximum atomic E-state index is 12.3. The minimum Gasteiger partial charge on any atom is -0.344 e. The summed E-state index contributed by atoms with van der Waals surface area (Å²) in [7, 11) is 6.90. The van der Waals surface area contributed by atoms with Gasteiger partial charge in [0, 0.05) is 45.4 Å². The number of nitrogens with zero attached hydrogens (tertiary/aromatic N) is 6. The minimum atomic E-state index is -0.0609. The van der Waals surface area contributed by atoms with Crippen molar-refractivity contribution in [3.63, 3.8) is 0 Å². The van der Waals surface area contributed by atoms with E-state index in [0.29, 0.717) is 48.1 Å². The number of thiazole rings is 4. The summed E-state index contributed by atoms with van der Waals surface area (Å²) in [5.74, 6) is -0.122. The molecule has 0 radical (unpaired) electrons. The second-order valence-electron chi connectivity index (χ2n) is 7.98. The molecular formula is C21H24N8O2S4. The van der Waals surface area contributed by atoms with Gasteiger partial charge < -0.3 is 20.4 Å². The second-order valence-corrected chi connectivity index (χ2v) is 11.7. The van der Waals surface area contributed by atoms with E-state index in [1.54, 1.807) is 38.0 Å². The summed E-state index contributed by atoms with van der Waals surface area (Å²) >= 11 is 5.59. The summed E-state index contributed by atoms with van der Waals surface area (Å²) in [6.07, 6.45) is 0.582. The number of carbonyl (C=O) groups is 2. The molecule has 0 spiro atoms. The van der Waals surface area contributed by atoms with Gasteiger partial charge in [-0.1, -0.05) is 22.7 Å². The molecule has 0 aliphatic rings. The van der Waals surface area contributed by atoms with Gasteiger partial charge in [0.25, 0.3) is 11.8 Å². The standard InChI is InChI=1S/C21H24N8O2S4/c1-10-14(16(30)28(3)4)34-20(22-10)26-18-24-12(8-32-18)7-13-9-33-19(25-13)27-21-23-11(2)15(35-21)17(31)29(5)6/h8-9H,7H2,1-6H3,(H,22,24,26)(H,23,25,27). The molecule has 0 saturated carbocycles. The van der Waals surface area contributed by atoms with E-state index in [4.69, 9.17) is 0 Å². The van der Waals surface area contributed by atoms with E-state index >= 15 is 0 Å². The number of nitrogens with one attached hydrogen (secondary N) is 2. The molecule has 4 heterocycles. The first kappa shape index (κ1) is 25.2. The van der Waals surface area contributed by atoms with E-state index < -0.39 is 0 Å². The van der Waals surface area contributed by atoms with Crippen LogP contribution in [0.1, 0.15) is 42.1 Å². The van der Waals surface area contributed by atoms with Gasteiger partial charge in [0.2, 0.25) is 0 Å². The predicted molar refractivity (Wildman–Crippen MR) is 143 cm³/mol. The molecule has 2 amide bonds. The van der Waals surface area contributed by atoms with Gasteiger partial charge in [-0.3, -0.25) is 9.59 Å². The highest BCUT2D eigenvalue weighted by Gasteiger charge is 2.19. The summed E-state index contributed by atoms with van der Waals surface area (Å²) in [6, 6.07) is 0. The number of aromatic nitrogens is 4. The van der Waals surface area contributed by atoms with Crippen molar-refractivity contribution in [3.05, 3.63) is 43.3 Å². The molecule has 4 aromatic rings. The zero-order valence-corrected chi connectivity index (χ0v) is 23.3. The Hall–Kier alpha value is -2.94. The van der Waals surface area contributed by atoms with Crippen molar-refractivity contribution < 1.29 is 9.59 Å². The summed E-state index contributed by atoms with van der Waals surface area (Å²) in [4.78, 5) is 47.0. The van der Waals surface area contributed by atoms with E-state index in [0.717, 1.165) is 11.4 Å². The zero-order valence-electron chi connectivity index (χ0n) is 20.0. The van der Waals surface area contributed by atoms with Gasteiger partial charge in [0.05, 0.1) is 22.8 Å². The van der Waals surface area contributed by atoms with Crippen LogP contribution in [0.2, 0.25) is 0 Å².